The van der Waals surface area contributed by atoms with Crippen LogP contribution in [-0.4, -0.2) is 60.9 Å². The molecule has 9 nitrogen and oxygen atoms in total. The predicted octanol–water partition coefficient (Wildman–Crippen LogP) is 6.08. The van der Waals surface area contributed by atoms with E-state index < -0.39 is 25.4 Å². The fourth-order valence-corrected chi connectivity index (χ4v) is 6.55. The molecular weight excluding hydrogens is 565 g/mol. The summed E-state index contributed by atoms with van der Waals surface area (Å²) >= 11 is 0. The molecule has 0 aromatic heterocycles. The highest BCUT2D eigenvalue weighted by atomic mass is 31.2. The molecular formula is C33H50N3O6P. The van der Waals surface area contributed by atoms with E-state index in [0.717, 1.165) is 5.56 Å². The van der Waals surface area contributed by atoms with Crippen LogP contribution in [0.4, 0.5) is 5.69 Å². The van der Waals surface area contributed by atoms with Crippen molar-refractivity contribution in [2.24, 2.45) is 17.6 Å². The van der Waals surface area contributed by atoms with Crippen LogP contribution in [0.15, 0.2) is 60.7 Å². The first-order valence-corrected chi connectivity index (χ1v) is 17.2. The number of carbonyl (C=O) groups is 3. The van der Waals surface area contributed by atoms with Crippen LogP contribution in [0, 0.1) is 11.8 Å². The van der Waals surface area contributed by atoms with Gasteiger partial charge < -0.3 is 25.2 Å². The van der Waals surface area contributed by atoms with Crippen LogP contribution in [-0.2, 0) is 34.6 Å². The average Bonchev–Trinajstić information content (AvgIpc) is 2.98. The van der Waals surface area contributed by atoms with Crippen LogP contribution in [0.2, 0.25) is 0 Å². The number of hydrogen-bond acceptors (Lipinski definition) is 7. The Bertz CT molecular complexity index is 1180. The Labute approximate surface area is 257 Å². The minimum atomic E-state index is -3.42. The molecule has 0 spiro atoms. The summed E-state index contributed by atoms with van der Waals surface area (Å²) in [6.07, 6.45) is 2.37. The Balaban J connectivity index is 2.22. The molecule has 43 heavy (non-hydrogen) atoms. The number of nitrogens with one attached hydrogen (secondary N) is 1. The van der Waals surface area contributed by atoms with Crippen molar-refractivity contribution < 1.29 is 28.2 Å². The van der Waals surface area contributed by atoms with Gasteiger partial charge in [-0.15, -0.1) is 0 Å². The number of benzene rings is 2. The number of nitrogens with two attached hydrogens (primary N) is 1. The third-order valence-electron chi connectivity index (χ3n) is 7.01. The largest absolute Gasteiger partial charge is 0.464 e. The van der Waals surface area contributed by atoms with E-state index >= 15 is 0 Å². The Morgan fingerprint density at radius 3 is 2.14 bits per heavy atom. The highest BCUT2D eigenvalue weighted by molar-refractivity contribution is 7.58. The summed E-state index contributed by atoms with van der Waals surface area (Å²) in [4.78, 5) is 41.1. The standard InChI is InChI=1S/C33H50N3O6P/c1-25(2)22-30(32(38)35-28-17-10-7-11-18-28)36(31(37)20-12-16-27-14-8-6-9-15-27)24-43(40,41-5)21-13-19-29(34)33(39)42-23-26(3)4/h6-11,14-15,17-18,25-26,29-30H,12-13,16,19-24,34H2,1-5H3,(H,35,38)/t29-,30-,43+/m0/s1. The minimum absolute atomic E-state index is 0.0860. The van der Waals surface area contributed by atoms with Crippen molar-refractivity contribution >= 4 is 30.8 Å². The van der Waals surface area contributed by atoms with Gasteiger partial charge in [0.05, 0.1) is 12.9 Å². The van der Waals surface area contributed by atoms with Crippen LogP contribution in [0.25, 0.3) is 0 Å². The maximum atomic E-state index is 14.0. The van der Waals surface area contributed by atoms with E-state index in [9.17, 15) is 18.9 Å². The van der Waals surface area contributed by atoms with E-state index in [1.807, 2.05) is 76.2 Å². The molecule has 2 rings (SSSR count). The molecule has 0 aliphatic carbocycles. The third kappa shape index (κ3) is 13.5. The number of carbonyl (C=O) groups excluding carboxylic acids is 3. The SMILES string of the molecule is CO[P@](=O)(CCC[C@H](N)C(=O)OCC(C)C)CN(C(=O)CCCc1ccccc1)[C@@H](CC(C)C)C(=O)Nc1ccccc1. The molecule has 3 N–H and O–H groups in total. The van der Waals surface area contributed by atoms with Gasteiger partial charge in [-0.05, 0) is 61.6 Å². The zero-order valence-electron chi connectivity index (χ0n) is 26.4. The topological polar surface area (TPSA) is 128 Å². The maximum Gasteiger partial charge on any atom is 0.322 e. The molecule has 0 saturated carbocycles. The number of nitrogens with zero attached hydrogens (tertiary/aromatic N) is 1. The Kier molecular flexibility index (Phi) is 15.7. The smallest absolute Gasteiger partial charge is 0.322 e. The van der Waals surface area contributed by atoms with Gasteiger partial charge in [0, 0.05) is 25.4 Å². The second-order valence-electron chi connectivity index (χ2n) is 11.8. The van der Waals surface area contributed by atoms with Gasteiger partial charge in [0.25, 0.3) is 0 Å². The van der Waals surface area contributed by atoms with E-state index in [2.05, 4.69) is 5.32 Å². The summed E-state index contributed by atoms with van der Waals surface area (Å²) in [6.45, 7) is 8.13. The summed E-state index contributed by atoms with van der Waals surface area (Å²) < 4.78 is 24.8. The Hall–Kier alpha value is -3.00. The van der Waals surface area contributed by atoms with E-state index in [4.69, 9.17) is 15.0 Å². The van der Waals surface area contributed by atoms with Crippen molar-refractivity contribution in [3.8, 4) is 0 Å². The lowest BCUT2D eigenvalue weighted by Gasteiger charge is -2.34. The molecule has 0 fully saturated rings. The van der Waals surface area contributed by atoms with E-state index in [1.54, 1.807) is 12.1 Å². The van der Waals surface area contributed by atoms with Gasteiger partial charge in [0.1, 0.15) is 12.1 Å². The monoisotopic (exact) mass is 615 g/mol. The lowest BCUT2D eigenvalue weighted by atomic mass is 10.0. The molecule has 0 radical (unpaired) electrons. The van der Waals surface area contributed by atoms with Crippen LogP contribution in [0.1, 0.15) is 65.4 Å². The molecule has 0 aliphatic rings. The van der Waals surface area contributed by atoms with Crippen molar-refractivity contribution in [2.45, 2.75) is 78.3 Å². The number of hydrogen-bond donors (Lipinski definition) is 2. The van der Waals surface area contributed by atoms with Crippen molar-refractivity contribution in [3.05, 3.63) is 66.2 Å². The summed E-state index contributed by atoms with van der Waals surface area (Å²) in [5, 5.41) is 2.93. The first-order valence-electron chi connectivity index (χ1n) is 15.2. The minimum Gasteiger partial charge on any atom is -0.464 e. The van der Waals surface area contributed by atoms with Crippen molar-refractivity contribution in [3.63, 3.8) is 0 Å². The molecule has 0 unspecified atom stereocenters. The number of rotatable bonds is 19. The number of para-hydroxylation sites is 1. The summed E-state index contributed by atoms with van der Waals surface area (Å²) in [5.74, 6) is -0.808. The van der Waals surface area contributed by atoms with Crippen molar-refractivity contribution in [1.29, 1.82) is 0 Å². The normalized spacial score (nSPS) is 14.1. The maximum absolute atomic E-state index is 14.0. The van der Waals surface area contributed by atoms with Gasteiger partial charge in [0.2, 0.25) is 19.2 Å². The highest BCUT2D eigenvalue weighted by Crippen LogP contribution is 2.48. The summed E-state index contributed by atoms with van der Waals surface area (Å²) in [6, 6.07) is 17.3. The first kappa shape index (κ1) is 36.2. The average molecular weight is 616 g/mol. The zero-order chi connectivity index (χ0) is 31.8. The van der Waals surface area contributed by atoms with Gasteiger partial charge >= 0.3 is 5.97 Å². The molecule has 10 heteroatoms. The molecule has 2 amide bonds. The summed E-state index contributed by atoms with van der Waals surface area (Å²) in [5.41, 5.74) is 7.76. The lowest BCUT2D eigenvalue weighted by molar-refractivity contribution is -0.146. The second kappa shape index (κ2) is 18.6. The van der Waals surface area contributed by atoms with Gasteiger partial charge in [-0.1, -0.05) is 76.2 Å². The number of anilines is 1. The zero-order valence-corrected chi connectivity index (χ0v) is 27.3. The Morgan fingerprint density at radius 1 is 0.930 bits per heavy atom. The van der Waals surface area contributed by atoms with Gasteiger partial charge in [-0.25, -0.2) is 0 Å². The molecule has 0 heterocycles. The van der Waals surface area contributed by atoms with Crippen LogP contribution in [0.5, 0.6) is 0 Å². The highest BCUT2D eigenvalue weighted by Gasteiger charge is 2.36. The van der Waals surface area contributed by atoms with Gasteiger partial charge in [0.15, 0.2) is 0 Å². The van der Waals surface area contributed by atoms with E-state index in [0.29, 0.717) is 31.4 Å². The van der Waals surface area contributed by atoms with E-state index in [1.165, 1.54) is 12.0 Å². The molecule has 3 atom stereocenters. The first-order chi connectivity index (χ1) is 20.4. The molecule has 238 valence electrons. The quantitative estimate of drug-likeness (QED) is 0.145. The molecule has 0 bridgehead atoms. The van der Waals surface area contributed by atoms with Crippen molar-refractivity contribution in [1.82, 2.24) is 4.90 Å². The summed E-state index contributed by atoms with van der Waals surface area (Å²) in [7, 11) is -2.06. The van der Waals surface area contributed by atoms with Crippen LogP contribution < -0.4 is 11.1 Å². The van der Waals surface area contributed by atoms with Crippen LogP contribution in [0.3, 0.4) is 0 Å². The fourth-order valence-electron chi connectivity index (χ4n) is 4.63. The van der Waals surface area contributed by atoms with Crippen molar-refractivity contribution in [2.75, 3.05) is 31.5 Å². The van der Waals surface area contributed by atoms with Crippen LogP contribution >= 0.6 is 7.37 Å². The third-order valence-corrected chi connectivity index (χ3v) is 9.41. The number of ether oxygens (including phenoxy) is 1. The second-order valence-corrected chi connectivity index (χ2v) is 14.6. The lowest BCUT2D eigenvalue weighted by Crippen LogP contribution is -2.48. The fraction of sp³-hybridized carbons (Fsp3) is 0.545. The molecule has 0 aliphatic heterocycles. The van der Waals surface area contributed by atoms with Gasteiger partial charge in [-0.3, -0.25) is 18.9 Å². The Morgan fingerprint density at radius 2 is 1.56 bits per heavy atom. The van der Waals surface area contributed by atoms with Gasteiger partial charge in [-0.2, -0.15) is 0 Å². The van der Waals surface area contributed by atoms with E-state index in [-0.39, 0.29) is 55.5 Å². The predicted molar refractivity (Wildman–Crippen MR) is 172 cm³/mol. The molecule has 2 aromatic carbocycles. The number of esters is 1. The number of amides is 2. The molecule has 0 saturated heterocycles. The number of aryl methyl sites for hydroxylation is 1. The molecule has 2 aromatic rings.